The summed E-state index contributed by atoms with van der Waals surface area (Å²) in [7, 11) is 0. The summed E-state index contributed by atoms with van der Waals surface area (Å²) in [5.74, 6) is -0.228. The lowest BCUT2D eigenvalue weighted by Crippen LogP contribution is -2.25. The third-order valence-corrected chi connectivity index (χ3v) is 5.31. The molecule has 1 aliphatic rings. The Morgan fingerprint density at radius 3 is 2.54 bits per heavy atom. The molecule has 0 bridgehead atoms. The highest BCUT2D eigenvalue weighted by atomic mass is 16.3. The number of benzene rings is 2. The SMILES string of the molecule is Cc1cc2occ(CC(=O)Nc3cc(C(=O)NC4CC4)ccc3C)c2cc1C. The van der Waals surface area contributed by atoms with Crippen LogP contribution in [0, 0.1) is 20.8 Å². The van der Waals surface area contributed by atoms with Crippen LogP contribution in [0.4, 0.5) is 5.69 Å². The van der Waals surface area contributed by atoms with Gasteiger partial charge in [0.2, 0.25) is 5.91 Å². The van der Waals surface area contributed by atoms with Crippen molar-refractivity contribution in [3.63, 3.8) is 0 Å². The Kier molecular flexibility index (Phi) is 4.67. The van der Waals surface area contributed by atoms with Crippen LogP contribution in [0.1, 0.15) is 45.5 Å². The summed E-state index contributed by atoms with van der Waals surface area (Å²) >= 11 is 0. The van der Waals surface area contributed by atoms with E-state index in [1.165, 1.54) is 5.56 Å². The van der Waals surface area contributed by atoms with E-state index >= 15 is 0 Å². The molecule has 3 aromatic rings. The summed E-state index contributed by atoms with van der Waals surface area (Å²) in [4.78, 5) is 24.9. The number of aryl methyl sites for hydroxylation is 3. The summed E-state index contributed by atoms with van der Waals surface area (Å²) in [6.07, 6.45) is 3.95. The number of hydrogen-bond acceptors (Lipinski definition) is 3. The van der Waals surface area contributed by atoms with Gasteiger partial charge in [0.25, 0.3) is 5.91 Å². The van der Waals surface area contributed by atoms with Crippen molar-refractivity contribution in [2.45, 2.75) is 46.1 Å². The first-order valence-electron chi connectivity index (χ1n) is 9.59. The van der Waals surface area contributed by atoms with Crippen molar-refractivity contribution >= 4 is 28.5 Å². The zero-order valence-corrected chi connectivity index (χ0v) is 16.4. The van der Waals surface area contributed by atoms with Crippen LogP contribution in [0.5, 0.6) is 0 Å². The first kappa shape index (κ1) is 18.3. The fourth-order valence-corrected chi connectivity index (χ4v) is 3.23. The highest BCUT2D eigenvalue weighted by Gasteiger charge is 2.24. The molecule has 0 spiro atoms. The number of furan rings is 1. The third-order valence-electron chi connectivity index (χ3n) is 5.31. The number of carbonyl (C=O) groups excluding carboxylic acids is 2. The topological polar surface area (TPSA) is 71.3 Å². The maximum Gasteiger partial charge on any atom is 0.251 e. The van der Waals surface area contributed by atoms with E-state index in [9.17, 15) is 9.59 Å². The molecule has 1 aromatic heterocycles. The Labute approximate surface area is 164 Å². The average molecular weight is 376 g/mol. The second-order valence-corrected chi connectivity index (χ2v) is 7.70. The Bertz CT molecular complexity index is 1080. The minimum atomic E-state index is -0.135. The molecule has 5 heteroatoms. The Morgan fingerprint density at radius 1 is 1.04 bits per heavy atom. The number of amides is 2. The van der Waals surface area contributed by atoms with E-state index in [1.54, 1.807) is 18.4 Å². The summed E-state index contributed by atoms with van der Waals surface area (Å²) in [5, 5.41) is 6.88. The smallest absolute Gasteiger partial charge is 0.251 e. The first-order chi connectivity index (χ1) is 13.4. The molecule has 28 heavy (non-hydrogen) atoms. The van der Waals surface area contributed by atoms with E-state index in [0.717, 1.165) is 40.5 Å². The molecule has 1 aliphatic carbocycles. The maximum atomic E-state index is 12.6. The fourth-order valence-electron chi connectivity index (χ4n) is 3.23. The minimum Gasteiger partial charge on any atom is -0.464 e. The molecule has 2 aromatic carbocycles. The van der Waals surface area contributed by atoms with Crippen LogP contribution in [-0.2, 0) is 11.2 Å². The number of carbonyl (C=O) groups is 2. The summed E-state index contributed by atoms with van der Waals surface area (Å²) < 4.78 is 5.62. The minimum absolute atomic E-state index is 0.0929. The standard InChI is InChI=1S/C23H24N2O3/c1-13-4-5-16(23(27)24-18-6-7-18)10-20(13)25-22(26)11-17-12-28-21-9-15(3)14(2)8-19(17)21/h4-5,8-10,12,18H,6-7,11H2,1-3H3,(H,24,27)(H,25,26). The third kappa shape index (κ3) is 3.79. The predicted octanol–water partition coefficient (Wildman–Crippen LogP) is 4.43. The lowest BCUT2D eigenvalue weighted by atomic mass is 10.0. The molecular weight excluding hydrogens is 352 g/mol. The number of nitrogens with one attached hydrogen (secondary N) is 2. The van der Waals surface area contributed by atoms with Crippen LogP contribution in [-0.4, -0.2) is 17.9 Å². The normalized spacial score (nSPS) is 13.5. The van der Waals surface area contributed by atoms with Gasteiger partial charge >= 0.3 is 0 Å². The quantitative estimate of drug-likeness (QED) is 0.692. The van der Waals surface area contributed by atoms with Crippen molar-refractivity contribution in [3.05, 3.63) is 64.4 Å². The summed E-state index contributed by atoms with van der Waals surface area (Å²) in [5.41, 5.74) is 6.12. The van der Waals surface area contributed by atoms with Crippen molar-refractivity contribution in [1.29, 1.82) is 0 Å². The van der Waals surface area contributed by atoms with E-state index in [0.29, 0.717) is 17.3 Å². The average Bonchev–Trinajstić information content (AvgIpc) is 3.39. The van der Waals surface area contributed by atoms with Crippen LogP contribution >= 0.6 is 0 Å². The van der Waals surface area contributed by atoms with Gasteiger partial charge in [0.1, 0.15) is 5.58 Å². The molecule has 0 radical (unpaired) electrons. The van der Waals surface area contributed by atoms with Gasteiger partial charge in [0.15, 0.2) is 0 Å². The molecule has 1 heterocycles. The molecule has 2 amide bonds. The van der Waals surface area contributed by atoms with Gasteiger partial charge < -0.3 is 15.1 Å². The van der Waals surface area contributed by atoms with Crippen LogP contribution in [0.15, 0.2) is 41.0 Å². The predicted molar refractivity (Wildman–Crippen MR) is 110 cm³/mol. The molecule has 1 saturated carbocycles. The molecule has 0 atom stereocenters. The van der Waals surface area contributed by atoms with E-state index in [-0.39, 0.29) is 18.2 Å². The second kappa shape index (κ2) is 7.15. The van der Waals surface area contributed by atoms with Gasteiger partial charge in [-0.1, -0.05) is 6.07 Å². The highest BCUT2D eigenvalue weighted by molar-refractivity contribution is 5.99. The monoisotopic (exact) mass is 376 g/mol. The van der Waals surface area contributed by atoms with Gasteiger partial charge in [-0.05, 0) is 74.6 Å². The van der Waals surface area contributed by atoms with Crippen LogP contribution in [0.25, 0.3) is 11.0 Å². The van der Waals surface area contributed by atoms with Crippen LogP contribution < -0.4 is 10.6 Å². The van der Waals surface area contributed by atoms with Crippen LogP contribution in [0.3, 0.4) is 0 Å². The lowest BCUT2D eigenvalue weighted by Gasteiger charge is -2.11. The summed E-state index contributed by atoms with van der Waals surface area (Å²) in [6, 6.07) is 9.75. The largest absolute Gasteiger partial charge is 0.464 e. The second-order valence-electron chi connectivity index (χ2n) is 7.70. The van der Waals surface area contributed by atoms with Gasteiger partial charge in [-0.25, -0.2) is 0 Å². The summed E-state index contributed by atoms with van der Waals surface area (Å²) in [6.45, 7) is 6.00. The van der Waals surface area contributed by atoms with E-state index in [4.69, 9.17) is 4.42 Å². The van der Waals surface area contributed by atoms with Crippen molar-refractivity contribution < 1.29 is 14.0 Å². The molecule has 0 aliphatic heterocycles. The Morgan fingerprint density at radius 2 is 1.79 bits per heavy atom. The van der Waals surface area contributed by atoms with Crippen molar-refractivity contribution in [1.82, 2.24) is 5.32 Å². The Balaban J connectivity index is 1.50. The number of anilines is 1. The van der Waals surface area contributed by atoms with E-state index < -0.39 is 0 Å². The number of hydrogen-bond donors (Lipinski definition) is 2. The van der Waals surface area contributed by atoms with Gasteiger partial charge in [-0.2, -0.15) is 0 Å². The molecule has 0 unspecified atom stereocenters. The Hall–Kier alpha value is -3.08. The van der Waals surface area contributed by atoms with Gasteiger partial charge in [-0.15, -0.1) is 0 Å². The van der Waals surface area contributed by atoms with E-state index in [1.807, 2.05) is 32.9 Å². The first-order valence-corrected chi connectivity index (χ1v) is 9.59. The molecule has 144 valence electrons. The maximum absolute atomic E-state index is 12.6. The molecule has 5 nitrogen and oxygen atoms in total. The van der Waals surface area contributed by atoms with E-state index in [2.05, 4.69) is 16.7 Å². The lowest BCUT2D eigenvalue weighted by molar-refractivity contribution is -0.115. The van der Waals surface area contributed by atoms with Crippen molar-refractivity contribution in [2.24, 2.45) is 0 Å². The number of rotatable bonds is 5. The van der Waals surface area contributed by atoms with Gasteiger partial charge in [-0.3, -0.25) is 9.59 Å². The van der Waals surface area contributed by atoms with Gasteiger partial charge in [0, 0.05) is 28.2 Å². The van der Waals surface area contributed by atoms with Crippen molar-refractivity contribution in [3.8, 4) is 0 Å². The molecule has 2 N–H and O–H groups in total. The zero-order chi connectivity index (χ0) is 19.8. The zero-order valence-electron chi connectivity index (χ0n) is 16.4. The number of fused-ring (bicyclic) bond motifs is 1. The molecule has 1 fully saturated rings. The van der Waals surface area contributed by atoms with Crippen LogP contribution in [0.2, 0.25) is 0 Å². The molecule has 4 rings (SSSR count). The van der Waals surface area contributed by atoms with Crippen molar-refractivity contribution in [2.75, 3.05) is 5.32 Å². The fraction of sp³-hybridized carbons (Fsp3) is 0.304. The molecule has 0 saturated heterocycles. The van der Waals surface area contributed by atoms with Gasteiger partial charge in [0.05, 0.1) is 12.7 Å². The molecular formula is C23H24N2O3. The highest BCUT2D eigenvalue weighted by Crippen LogP contribution is 2.26.